The lowest BCUT2D eigenvalue weighted by Crippen LogP contribution is -2.29. The molecule has 0 aromatic rings. The minimum absolute atomic E-state index is 0.00444. The summed E-state index contributed by atoms with van der Waals surface area (Å²) in [5.41, 5.74) is 1.67. The summed E-state index contributed by atoms with van der Waals surface area (Å²) in [7, 11) is 2.61. The molecule has 0 fully saturated rings. The SMILES string of the molecule is COC(=O)CC(C(=O)OC)[C@@H]1C=C(C)N=C1C. The van der Waals surface area contributed by atoms with Crippen LogP contribution in [0.1, 0.15) is 20.3 Å². The Morgan fingerprint density at radius 3 is 2.41 bits per heavy atom. The number of hydrogen-bond acceptors (Lipinski definition) is 5. The van der Waals surface area contributed by atoms with Gasteiger partial charge in [-0.05, 0) is 13.8 Å². The Morgan fingerprint density at radius 1 is 1.35 bits per heavy atom. The van der Waals surface area contributed by atoms with Crippen LogP contribution in [0.15, 0.2) is 16.8 Å². The molecule has 0 saturated heterocycles. The summed E-state index contributed by atoms with van der Waals surface area (Å²) in [5.74, 6) is -1.58. The second kappa shape index (κ2) is 5.61. The molecule has 94 valence electrons. The Kier molecular flexibility index (Phi) is 4.43. The lowest BCUT2D eigenvalue weighted by atomic mass is 9.86. The molecule has 0 aromatic carbocycles. The van der Waals surface area contributed by atoms with Gasteiger partial charge < -0.3 is 9.47 Å². The summed E-state index contributed by atoms with van der Waals surface area (Å²) in [6.45, 7) is 3.70. The summed E-state index contributed by atoms with van der Waals surface area (Å²) >= 11 is 0. The molecule has 2 atom stereocenters. The summed E-state index contributed by atoms with van der Waals surface area (Å²) in [6.07, 6.45) is 1.88. The predicted molar refractivity (Wildman–Crippen MR) is 62.5 cm³/mol. The average molecular weight is 239 g/mol. The van der Waals surface area contributed by atoms with Gasteiger partial charge in [-0.15, -0.1) is 0 Å². The topological polar surface area (TPSA) is 65.0 Å². The van der Waals surface area contributed by atoms with Gasteiger partial charge in [0.25, 0.3) is 0 Å². The van der Waals surface area contributed by atoms with Gasteiger partial charge in [0.05, 0.1) is 26.6 Å². The van der Waals surface area contributed by atoms with Gasteiger partial charge in [-0.25, -0.2) is 0 Å². The first-order chi connectivity index (χ1) is 7.99. The van der Waals surface area contributed by atoms with Gasteiger partial charge in [-0.1, -0.05) is 6.08 Å². The fourth-order valence-corrected chi connectivity index (χ4v) is 1.95. The molecule has 1 unspecified atom stereocenters. The van der Waals surface area contributed by atoms with Crippen molar-refractivity contribution in [1.82, 2.24) is 0 Å². The number of aliphatic imine (C=N–C) groups is 1. The molecule has 0 aromatic heterocycles. The van der Waals surface area contributed by atoms with E-state index in [0.717, 1.165) is 11.4 Å². The van der Waals surface area contributed by atoms with Gasteiger partial charge in [0.1, 0.15) is 0 Å². The van der Waals surface area contributed by atoms with Gasteiger partial charge in [0.15, 0.2) is 0 Å². The number of carbonyl (C=O) groups excluding carboxylic acids is 2. The first-order valence-corrected chi connectivity index (χ1v) is 5.37. The smallest absolute Gasteiger partial charge is 0.310 e. The number of carbonyl (C=O) groups is 2. The van der Waals surface area contributed by atoms with Crippen molar-refractivity contribution in [3.8, 4) is 0 Å². The summed E-state index contributed by atoms with van der Waals surface area (Å²) < 4.78 is 9.31. The van der Waals surface area contributed by atoms with Crippen LogP contribution in [0.4, 0.5) is 0 Å². The van der Waals surface area contributed by atoms with E-state index in [1.54, 1.807) is 0 Å². The number of ether oxygens (including phenoxy) is 2. The van der Waals surface area contributed by atoms with Crippen LogP contribution < -0.4 is 0 Å². The minimum atomic E-state index is -0.561. The number of rotatable bonds is 4. The zero-order chi connectivity index (χ0) is 13.0. The third kappa shape index (κ3) is 3.15. The average Bonchev–Trinajstić information content (AvgIpc) is 2.63. The lowest BCUT2D eigenvalue weighted by molar-refractivity contribution is -0.152. The normalized spacial score (nSPS) is 20.4. The number of hydrogen-bond donors (Lipinski definition) is 0. The Labute approximate surface area is 101 Å². The molecular formula is C12H17NO4. The molecule has 1 aliphatic rings. The monoisotopic (exact) mass is 239 g/mol. The fraction of sp³-hybridized carbons (Fsp3) is 0.583. The van der Waals surface area contributed by atoms with Gasteiger partial charge >= 0.3 is 11.9 Å². The van der Waals surface area contributed by atoms with E-state index in [1.807, 2.05) is 19.9 Å². The van der Waals surface area contributed by atoms with Crippen LogP contribution in [0.2, 0.25) is 0 Å². The van der Waals surface area contributed by atoms with Crippen LogP contribution in [-0.2, 0) is 19.1 Å². The highest BCUT2D eigenvalue weighted by Gasteiger charge is 2.34. The Bertz CT molecular complexity index is 384. The molecule has 0 spiro atoms. The summed E-state index contributed by atoms with van der Waals surface area (Å²) in [6, 6.07) is 0. The largest absolute Gasteiger partial charge is 0.469 e. The van der Waals surface area contributed by atoms with Crippen LogP contribution in [0.5, 0.6) is 0 Å². The van der Waals surface area contributed by atoms with E-state index in [1.165, 1.54) is 14.2 Å². The van der Waals surface area contributed by atoms with Crippen LogP contribution in [0, 0.1) is 11.8 Å². The van der Waals surface area contributed by atoms with E-state index in [0.29, 0.717) is 0 Å². The van der Waals surface area contributed by atoms with Crippen molar-refractivity contribution in [2.24, 2.45) is 16.8 Å². The quantitative estimate of drug-likeness (QED) is 0.694. The fourth-order valence-electron chi connectivity index (χ4n) is 1.95. The summed E-state index contributed by atoms with van der Waals surface area (Å²) in [4.78, 5) is 27.2. The summed E-state index contributed by atoms with van der Waals surface area (Å²) in [5, 5.41) is 0. The van der Waals surface area contributed by atoms with E-state index in [4.69, 9.17) is 4.74 Å². The van der Waals surface area contributed by atoms with Crippen molar-refractivity contribution in [3.63, 3.8) is 0 Å². The van der Waals surface area contributed by atoms with Crippen molar-refractivity contribution >= 4 is 17.7 Å². The second-order valence-electron chi connectivity index (χ2n) is 4.00. The molecule has 1 rings (SSSR count). The molecular weight excluding hydrogens is 222 g/mol. The molecule has 0 aliphatic carbocycles. The van der Waals surface area contributed by atoms with Crippen LogP contribution in [0.3, 0.4) is 0 Å². The van der Waals surface area contributed by atoms with Gasteiger partial charge in [0.2, 0.25) is 0 Å². The van der Waals surface area contributed by atoms with Crippen molar-refractivity contribution in [2.45, 2.75) is 20.3 Å². The highest BCUT2D eigenvalue weighted by Crippen LogP contribution is 2.27. The van der Waals surface area contributed by atoms with Crippen molar-refractivity contribution < 1.29 is 19.1 Å². The Balaban J connectivity index is 2.88. The zero-order valence-corrected chi connectivity index (χ0v) is 10.5. The molecule has 0 saturated carbocycles. The number of methoxy groups -OCH3 is 2. The van der Waals surface area contributed by atoms with Crippen LogP contribution in [0.25, 0.3) is 0 Å². The van der Waals surface area contributed by atoms with Gasteiger partial charge in [-0.2, -0.15) is 0 Å². The van der Waals surface area contributed by atoms with E-state index < -0.39 is 17.9 Å². The van der Waals surface area contributed by atoms with E-state index in [9.17, 15) is 9.59 Å². The highest BCUT2D eigenvalue weighted by molar-refractivity contribution is 5.94. The van der Waals surface area contributed by atoms with Crippen molar-refractivity contribution in [2.75, 3.05) is 14.2 Å². The van der Waals surface area contributed by atoms with E-state index >= 15 is 0 Å². The molecule has 17 heavy (non-hydrogen) atoms. The molecule has 0 bridgehead atoms. The zero-order valence-electron chi connectivity index (χ0n) is 10.5. The van der Waals surface area contributed by atoms with Crippen molar-refractivity contribution in [3.05, 3.63) is 11.8 Å². The molecule has 0 amide bonds. The van der Waals surface area contributed by atoms with Crippen LogP contribution in [-0.4, -0.2) is 31.9 Å². The maximum absolute atomic E-state index is 11.7. The number of esters is 2. The molecule has 5 heteroatoms. The van der Waals surface area contributed by atoms with Crippen molar-refractivity contribution in [1.29, 1.82) is 0 Å². The first-order valence-electron chi connectivity index (χ1n) is 5.37. The third-order valence-corrected chi connectivity index (χ3v) is 2.81. The van der Waals surface area contributed by atoms with Gasteiger partial charge in [0, 0.05) is 17.3 Å². The lowest BCUT2D eigenvalue weighted by Gasteiger charge is -2.19. The molecule has 5 nitrogen and oxygen atoms in total. The maximum atomic E-state index is 11.7. The molecule has 0 N–H and O–H groups in total. The Morgan fingerprint density at radius 2 is 2.00 bits per heavy atom. The highest BCUT2D eigenvalue weighted by atomic mass is 16.5. The second-order valence-corrected chi connectivity index (χ2v) is 4.00. The number of allylic oxidation sites excluding steroid dienone is 2. The molecule has 1 heterocycles. The third-order valence-electron chi connectivity index (χ3n) is 2.81. The van der Waals surface area contributed by atoms with E-state index in [-0.39, 0.29) is 12.3 Å². The van der Waals surface area contributed by atoms with Crippen LogP contribution >= 0.6 is 0 Å². The predicted octanol–water partition coefficient (Wildman–Crippen LogP) is 1.33. The standard InChI is InChI=1S/C12H17NO4/c1-7-5-9(8(2)13-7)10(12(15)17-4)6-11(14)16-3/h5,9-10H,6H2,1-4H3/t9-,10?/m1/s1. The number of nitrogens with zero attached hydrogens (tertiary/aromatic N) is 1. The van der Waals surface area contributed by atoms with E-state index in [2.05, 4.69) is 9.73 Å². The minimum Gasteiger partial charge on any atom is -0.469 e. The molecule has 1 aliphatic heterocycles. The van der Waals surface area contributed by atoms with Gasteiger partial charge in [-0.3, -0.25) is 14.6 Å². The maximum Gasteiger partial charge on any atom is 0.310 e. The first kappa shape index (κ1) is 13.4. The molecule has 0 radical (unpaired) electrons. The Hall–Kier alpha value is -1.65.